The Morgan fingerprint density at radius 3 is 2.68 bits per heavy atom. The second-order valence-electron chi connectivity index (χ2n) is 5.46. The number of rotatable bonds is 5. The van der Waals surface area contributed by atoms with E-state index in [1.54, 1.807) is 0 Å². The first-order valence-corrected chi connectivity index (χ1v) is 7.61. The quantitative estimate of drug-likeness (QED) is 0.837. The van der Waals surface area contributed by atoms with Gasteiger partial charge in [0.2, 0.25) is 11.8 Å². The van der Waals surface area contributed by atoms with Crippen molar-refractivity contribution in [3.8, 4) is 0 Å². The van der Waals surface area contributed by atoms with Crippen LogP contribution in [0.5, 0.6) is 0 Å². The molecule has 0 bridgehead atoms. The Bertz CT molecular complexity index is 530. The average molecular weight is 301 g/mol. The molecular weight excluding hydrogens is 278 g/mol. The molecule has 0 aliphatic carbocycles. The number of carbonyl (C=O) groups excluding carboxylic acids is 2. The smallest absolute Gasteiger partial charge is 0.243 e. The van der Waals surface area contributed by atoms with Crippen molar-refractivity contribution in [2.45, 2.75) is 19.4 Å². The number of amides is 2. The molecule has 5 nitrogen and oxygen atoms in total. The van der Waals surface area contributed by atoms with Crippen molar-refractivity contribution in [1.29, 1.82) is 0 Å². The highest BCUT2D eigenvalue weighted by Gasteiger charge is 2.27. The van der Waals surface area contributed by atoms with Crippen molar-refractivity contribution >= 4 is 17.5 Å². The third-order valence-electron chi connectivity index (χ3n) is 3.89. The van der Waals surface area contributed by atoms with Gasteiger partial charge in [-0.15, -0.1) is 0 Å². The molecule has 1 atom stereocenters. The van der Waals surface area contributed by atoms with Gasteiger partial charge in [-0.2, -0.15) is 0 Å². The summed E-state index contributed by atoms with van der Waals surface area (Å²) in [5, 5.41) is 2.64. The third kappa shape index (κ3) is 4.10. The van der Waals surface area contributed by atoms with Crippen molar-refractivity contribution in [3.63, 3.8) is 0 Å². The van der Waals surface area contributed by atoms with Gasteiger partial charge in [-0.3, -0.25) is 9.59 Å². The minimum absolute atomic E-state index is 0.0876. The van der Waals surface area contributed by atoms with E-state index in [2.05, 4.69) is 35.9 Å². The molecule has 1 aromatic carbocycles. The maximum Gasteiger partial charge on any atom is 0.243 e. The van der Waals surface area contributed by atoms with Gasteiger partial charge >= 0.3 is 0 Å². The van der Waals surface area contributed by atoms with Crippen LogP contribution in [0.1, 0.15) is 13.3 Å². The summed E-state index contributed by atoms with van der Waals surface area (Å²) in [5.74, 6) is -0.153. The van der Waals surface area contributed by atoms with Crippen molar-refractivity contribution in [2.75, 3.05) is 31.1 Å². The summed E-state index contributed by atoms with van der Waals surface area (Å²) in [5.41, 5.74) is 1.19. The first kappa shape index (κ1) is 16.1. The van der Waals surface area contributed by atoms with E-state index >= 15 is 0 Å². The standard InChI is InChI=1S/C17H23N3O2/c1-3-16(21)18-10-9-17(22)20-12-11-19(13-14(20)2)15-7-5-4-6-8-15/h3-8,14H,1,9-13H2,2H3,(H,18,21). The Morgan fingerprint density at radius 2 is 2.05 bits per heavy atom. The van der Waals surface area contributed by atoms with Gasteiger partial charge in [-0.05, 0) is 25.1 Å². The van der Waals surface area contributed by atoms with Gasteiger partial charge in [-0.1, -0.05) is 24.8 Å². The molecule has 1 aliphatic rings. The van der Waals surface area contributed by atoms with Crippen molar-refractivity contribution in [2.24, 2.45) is 0 Å². The van der Waals surface area contributed by atoms with E-state index in [1.165, 1.54) is 11.8 Å². The van der Waals surface area contributed by atoms with Crippen LogP contribution in [0.2, 0.25) is 0 Å². The second-order valence-corrected chi connectivity index (χ2v) is 5.46. The van der Waals surface area contributed by atoms with Crippen LogP contribution in [-0.4, -0.2) is 48.9 Å². The molecule has 1 unspecified atom stereocenters. The topological polar surface area (TPSA) is 52.7 Å². The van der Waals surface area contributed by atoms with Crippen molar-refractivity contribution in [1.82, 2.24) is 10.2 Å². The molecule has 0 spiro atoms. The van der Waals surface area contributed by atoms with Crippen LogP contribution in [0.4, 0.5) is 5.69 Å². The fraction of sp³-hybridized carbons (Fsp3) is 0.412. The predicted molar refractivity (Wildman–Crippen MR) is 87.7 cm³/mol. The van der Waals surface area contributed by atoms with Crippen molar-refractivity contribution < 1.29 is 9.59 Å². The van der Waals surface area contributed by atoms with Crippen LogP contribution in [0.3, 0.4) is 0 Å². The minimum Gasteiger partial charge on any atom is -0.368 e. The molecule has 5 heteroatoms. The summed E-state index contributed by atoms with van der Waals surface area (Å²) in [6, 6.07) is 10.4. The molecule has 1 heterocycles. The van der Waals surface area contributed by atoms with Gasteiger partial charge in [0.05, 0.1) is 0 Å². The van der Waals surface area contributed by atoms with E-state index in [9.17, 15) is 9.59 Å². The molecule has 0 radical (unpaired) electrons. The van der Waals surface area contributed by atoms with Gasteiger partial charge in [0.15, 0.2) is 0 Å². The molecule has 0 saturated carbocycles. The lowest BCUT2D eigenvalue weighted by molar-refractivity contribution is -0.133. The van der Waals surface area contributed by atoms with Crippen LogP contribution in [0, 0.1) is 0 Å². The summed E-state index contributed by atoms with van der Waals surface area (Å²) in [7, 11) is 0. The van der Waals surface area contributed by atoms with Crippen LogP contribution in [0.15, 0.2) is 43.0 Å². The molecule has 2 amide bonds. The fourth-order valence-corrected chi connectivity index (χ4v) is 2.71. The Balaban J connectivity index is 1.84. The number of carbonyl (C=O) groups is 2. The van der Waals surface area contributed by atoms with E-state index in [4.69, 9.17) is 0 Å². The zero-order chi connectivity index (χ0) is 15.9. The first-order chi connectivity index (χ1) is 10.6. The average Bonchev–Trinajstić information content (AvgIpc) is 2.55. The Hall–Kier alpha value is -2.30. The lowest BCUT2D eigenvalue weighted by Gasteiger charge is -2.41. The van der Waals surface area contributed by atoms with Gasteiger partial charge < -0.3 is 15.1 Å². The van der Waals surface area contributed by atoms with Crippen LogP contribution in [0.25, 0.3) is 0 Å². The first-order valence-electron chi connectivity index (χ1n) is 7.61. The molecule has 22 heavy (non-hydrogen) atoms. The van der Waals surface area contributed by atoms with Crippen LogP contribution < -0.4 is 10.2 Å². The normalized spacial score (nSPS) is 18.0. The van der Waals surface area contributed by atoms with Gasteiger partial charge in [0.25, 0.3) is 0 Å². The van der Waals surface area contributed by atoms with Gasteiger partial charge in [0.1, 0.15) is 0 Å². The molecule has 1 aromatic rings. The van der Waals surface area contributed by atoms with E-state index in [0.29, 0.717) is 19.5 Å². The highest BCUT2D eigenvalue weighted by atomic mass is 16.2. The van der Waals surface area contributed by atoms with E-state index < -0.39 is 0 Å². The molecule has 118 valence electrons. The summed E-state index contributed by atoms with van der Waals surface area (Å²) < 4.78 is 0. The predicted octanol–water partition coefficient (Wildman–Crippen LogP) is 1.42. The largest absolute Gasteiger partial charge is 0.368 e. The van der Waals surface area contributed by atoms with Crippen LogP contribution >= 0.6 is 0 Å². The Kier molecular flexibility index (Phi) is 5.58. The molecule has 1 saturated heterocycles. The number of nitrogens with one attached hydrogen (secondary N) is 1. The summed E-state index contributed by atoms with van der Waals surface area (Å²) in [6.45, 7) is 8.18. The number of piperazine rings is 1. The third-order valence-corrected chi connectivity index (χ3v) is 3.89. The molecule has 1 N–H and O–H groups in total. The van der Waals surface area contributed by atoms with Crippen LogP contribution in [-0.2, 0) is 9.59 Å². The second kappa shape index (κ2) is 7.64. The van der Waals surface area contributed by atoms with E-state index in [-0.39, 0.29) is 17.9 Å². The zero-order valence-corrected chi connectivity index (χ0v) is 13.0. The van der Waals surface area contributed by atoms with Crippen molar-refractivity contribution in [3.05, 3.63) is 43.0 Å². The maximum atomic E-state index is 12.3. The van der Waals surface area contributed by atoms with Gasteiger partial charge in [0, 0.05) is 44.3 Å². The number of nitrogens with zero attached hydrogens (tertiary/aromatic N) is 2. The summed E-state index contributed by atoms with van der Waals surface area (Å²) in [4.78, 5) is 27.5. The number of hydrogen-bond donors (Lipinski definition) is 1. The number of para-hydroxylation sites is 1. The minimum atomic E-state index is -0.241. The summed E-state index contributed by atoms with van der Waals surface area (Å²) in [6.07, 6.45) is 1.54. The highest BCUT2D eigenvalue weighted by molar-refractivity contribution is 5.87. The SMILES string of the molecule is C=CC(=O)NCCC(=O)N1CCN(c2ccccc2)CC1C. The Morgan fingerprint density at radius 1 is 1.32 bits per heavy atom. The Labute approximate surface area is 131 Å². The number of anilines is 1. The lowest BCUT2D eigenvalue weighted by atomic mass is 10.1. The number of hydrogen-bond acceptors (Lipinski definition) is 3. The summed E-state index contributed by atoms with van der Waals surface area (Å²) >= 11 is 0. The maximum absolute atomic E-state index is 12.3. The number of benzene rings is 1. The van der Waals surface area contributed by atoms with E-state index in [0.717, 1.165) is 13.1 Å². The highest BCUT2D eigenvalue weighted by Crippen LogP contribution is 2.19. The molecule has 1 fully saturated rings. The molecule has 2 rings (SSSR count). The lowest BCUT2D eigenvalue weighted by Crippen LogP contribution is -2.54. The monoisotopic (exact) mass is 301 g/mol. The van der Waals surface area contributed by atoms with Gasteiger partial charge in [-0.25, -0.2) is 0 Å². The molecular formula is C17H23N3O2. The molecule has 0 aromatic heterocycles. The fourth-order valence-electron chi connectivity index (χ4n) is 2.71. The molecule has 1 aliphatic heterocycles. The van der Waals surface area contributed by atoms with E-state index in [1.807, 2.05) is 23.1 Å². The zero-order valence-electron chi connectivity index (χ0n) is 13.0.